The van der Waals surface area contributed by atoms with Crippen LogP contribution in [0, 0.1) is 0 Å². The van der Waals surface area contributed by atoms with E-state index in [1.165, 1.54) is 17.6 Å². The first-order valence-electron chi connectivity index (χ1n) is 6.89. The fourth-order valence-electron chi connectivity index (χ4n) is 1.90. The molecule has 1 N–H and O–H groups in total. The molecule has 1 nitrogen and oxygen atoms in total. The fourth-order valence-corrected chi connectivity index (χ4v) is 1.90. The molecule has 0 aliphatic heterocycles. The van der Waals surface area contributed by atoms with E-state index < -0.39 is 5.60 Å². The Balaban J connectivity index is 3.76. The van der Waals surface area contributed by atoms with Crippen LogP contribution in [-0.4, -0.2) is 10.7 Å². The average Bonchev–Trinajstić information content (AvgIpc) is 2.16. The van der Waals surface area contributed by atoms with Gasteiger partial charge in [-0.05, 0) is 66.2 Å². The Morgan fingerprint density at radius 3 is 2.18 bits per heavy atom. The summed E-state index contributed by atoms with van der Waals surface area (Å²) in [7, 11) is 0. The number of rotatable bonds is 8. The quantitative estimate of drug-likeness (QED) is 0.589. The minimum absolute atomic E-state index is 0.513. The minimum Gasteiger partial charge on any atom is -0.390 e. The van der Waals surface area contributed by atoms with Crippen LogP contribution in [0.2, 0.25) is 0 Å². The zero-order valence-corrected chi connectivity index (χ0v) is 12.3. The van der Waals surface area contributed by atoms with Gasteiger partial charge in [0.05, 0.1) is 5.60 Å². The second kappa shape index (κ2) is 8.52. The number of hydrogen-bond donors (Lipinski definition) is 1. The Labute approximate surface area is 108 Å². The molecule has 0 heterocycles. The van der Waals surface area contributed by atoms with Gasteiger partial charge in [-0.2, -0.15) is 0 Å². The van der Waals surface area contributed by atoms with Crippen molar-refractivity contribution in [1.29, 1.82) is 0 Å². The molecule has 0 amide bonds. The van der Waals surface area contributed by atoms with E-state index in [4.69, 9.17) is 0 Å². The molecule has 0 radical (unpaired) electrons. The largest absolute Gasteiger partial charge is 0.390 e. The van der Waals surface area contributed by atoms with Crippen molar-refractivity contribution < 1.29 is 5.11 Å². The summed E-state index contributed by atoms with van der Waals surface area (Å²) in [6.07, 6.45) is 11.2. The summed E-state index contributed by atoms with van der Waals surface area (Å²) in [5.74, 6) is 0. The van der Waals surface area contributed by atoms with E-state index in [2.05, 4.69) is 32.9 Å². The lowest BCUT2D eigenvalue weighted by Gasteiger charge is -2.16. The summed E-state index contributed by atoms with van der Waals surface area (Å²) in [6.45, 7) is 10.3. The number of hydrogen-bond acceptors (Lipinski definition) is 1. The maximum Gasteiger partial charge on any atom is 0.0591 e. The lowest BCUT2D eigenvalue weighted by molar-refractivity contribution is 0.0689. The van der Waals surface area contributed by atoms with Crippen LogP contribution in [0.3, 0.4) is 0 Å². The third kappa shape index (κ3) is 11.7. The molecule has 0 aliphatic carbocycles. The highest BCUT2D eigenvalue weighted by Crippen LogP contribution is 2.16. The van der Waals surface area contributed by atoms with Gasteiger partial charge < -0.3 is 5.11 Å². The van der Waals surface area contributed by atoms with Crippen molar-refractivity contribution in [3.63, 3.8) is 0 Å². The molecule has 1 heteroatoms. The van der Waals surface area contributed by atoms with Crippen molar-refractivity contribution in [2.75, 3.05) is 0 Å². The Hall–Kier alpha value is -0.560. The van der Waals surface area contributed by atoms with Gasteiger partial charge in [0.1, 0.15) is 0 Å². The number of aliphatic hydroxyl groups is 1. The van der Waals surface area contributed by atoms with Crippen LogP contribution in [0.25, 0.3) is 0 Å². The van der Waals surface area contributed by atoms with Gasteiger partial charge in [-0.1, -0.05) is 30.2 Å². The second-order valence-electron chi connectivity index (χ2n) is 5.71. The lowest BCUT2D eigenvalue weighted by Crippen LogP contribution is -2.17. The smallest absolute Gasteiger partial charge is 0.0591 e. The molecule has 0 saturated carbocycles. The van der Waals surface area contributed by atoms with Crippen molar-refractivity contribution in [1.82, 2.24) is 0 Å². The third-order valence-corrected chi connectivity index (χ3v) is 2.94. The van der Waals surface area contributed by atoms with Crippen LogP contribution < -0.4 is 0 Å². The van der Waals surface area contributed by atoms with E-state index in [1.54, 1.807) is 0 Å². The molecule has 0 aromatic heterocycles. The van der Waals surface area contributed by atoms with E-state index >= 15 is 0 Å². The Morgan fingerprint density at radius 2 is 1.65 bits per heavy atom. The first kappa shape index (κ1) is 16.4. The molecule has 0 unspecified atom stereocenters. The highest BCUT2D eigenvalue weighted by atomic mass is 16.3. The summed E-state index contributed by atoms with van der Waals surface area (Å²) in [6, 6.07) is 0. The summed E-state index contributed by atoms with van der Waals surface area (Å²) >= 11 is 0. The zero-order chi connectivity index (χ0) is 13.3. The fraction of sp³-hybridized carbons (Fsp3) is 0.750. The van der Waals surface area contributed by atoms with Crippen molar-refractivity contribution in [3.8, 4) is 0 Å². The Kier molecular flexibility index (Phi) is 8.24. The van der Waals surface area contributed by atoms with Gasteiger partial charge in [0.25, 0.3) is 0 Å². The summed E-state index contributed by atoms with van der Waals surface area (Å²) in [4.78, 5) is 0. The van der Waals surface area contributed by atoms with Gasteiger partial charge in [0.15, 0.2) is 0 Å². The molecule has 0 fully saturated rings. The summed E-state index contributed by atoms with van der Waals surface area (Å²) < 4.78 is 0. The van der Waals surface area contributed by atoms with Crippen LogP contribution in [0.15, 0.2) is 23.3 Å². The standard InChI is InChI=1S/C16H30O/c1-6-9-14(2)10-7-11-15(3)12-8-13-16(4,5)17/h9,11,17H,6-8,10,12-13H2,1-5H3/b14-9+,15-11+. The molecule has 0 rings (SSSR count). The first-order valence-corrected chi connectivity index (χ1v) is 6.89. The lowest BCUT2D eigenvalue weighted by atomic mass is 9.99. The van der Waals surface area contributed by atoms with Crippen LogP contribution in [0.4, 0.5) is 0 Å². The Bertz CT molecular complexity index is 253. The van der Waals surface area contributed by atoms with E-state index in [0.29, 0.717) is 0 Å². The van der Waals surface area contributed by atoms with Crippen LogP contribution in [-0.2, 0) is 0 Å². The van der Waals surface area contributed by atoms with Crippen molar-refractivity contribution in [3.05, 3.63) is 23.3 Å². The van der Waals surface area contributed by atoms with Gasteiger partial charge >= 0.3 is 0 Å². The van der Waals surface area contributed by atoms with Gasteiger partial charge in [-0.25, -0.2) is 0 Å². The molecule has 0 atom stereocenters. The molecule has 100 valence electrons. The zero-order valence-electron chi connectivity index (χ0n) is 12.3. The van der Waals surface area contributed by atoms with Gasteiger partial charge in [-0.3, -0.25) is 0 Å². The highest BCUT2D eigenvalue weighted by Gasteiger charge is 2.10. The third-order valence-electron chi connectivity index (χ3n) is 2.94. The van der Waals surface area contributed by atoms with E-state index in [1.807, 2.05) is 13.8 Å². The van der Waals surface area contributed by atoms with E-state index in [-0.39, 0.29) is 0 Å². The topological polar surface area (TPSA) is 20.2 Å². The highest BCUT2D eigenvalue weighted by molar-refractivity contribution is 5.03. The molecule has 0 spiro atoms. The molecule has 0 aromatic carbocycles. The first-order chi connectivity index (χ1) is 7.85. The predicted octanol–water partition coefficient (Wildman–Crippen LogP) is 5.01. The Morgan fingerprint density at radius 1 is 1.06 bits per heavy atom. The van der Waals surface area contributed by atoms with E-state index in [0.717, 1.165) is 32.1 Å². The van der Waals surface area contributed by atoms with Crippen molar-refractivity contribution in [2.24, 2.45) is 0 Å². The normalized spacial score (nSPS) is 14.2. The molecular weight excluding hydrogens is 208 g/mol. The van der Waals surface area contributed by atoms with Gasteiger partial charge in [0.2, 0.25) is 0 Å². The van der Waals surface area contributed by atoms with Crippen molar-refractivity contribution in [2.45, 2.75) is 78.7 Å². The molecule has 0 bridgehead atoms. The van der Waals surface area contributed by atoms with E-state index in [9.17, 15) is 5.11 Å². The molecule has 0 aromatic rings. The molecule has 0 aliphatic rings. The number of allylic oxidation sites excluding steroid dienone is 4. The summed E-state index contributed by atoms with van der Waals surface area (Å²) in [5, 5.41) is 9.61. The predicted molar refractivity (Wildman–Crippen MR) is 77.2 cm³/mol. The molecule has 17 heavy (non-hydrogen) atoms. The van der Waals surface area contributed by atoms with Crippen LogP contribution in [0.1, 0.15) is 73.1 Å². The van der Waals surface area contributed by atoms with Gasteiger partial charge in [-0.15, -0.1) is 0 Å². The minimum atomic E-state index is -0.513. The van der Waals surface area contributed by atoms with Crippen LogP contribution in [0.5, 0.6) is 0 Å². The SMILES string of the molecule is CC/C=C(\C)CC/C=C(\C)CCCC(C)(C)O. The second-order valence-corrected chi connectivity index (χ2v) is 5.71. The molecular formula is C16H30O. The average molecular weight is 238 g/mol. The maximum atomic E-state index is 9.61. The maximum absolute atomic E-state index is 9.61. The van der Waals surface area contributed by atoms with Crippen molar-refractivity contribution >= 4 is 0 Å². The summed E-state index contributed by atoms with van der Waals surface area (Å²) in [5.41, 5.74) is 2.44. The van der Waals surface area contributed by atoms with Gasteiger partial charge in [0, 0.05) is 0 Å². The monoisotopic (exact) mass is 238 g/mol. The molecule has 0 saturated heterocycles. The van der Waals surface area contributed by atoms with Crippen LogP contribution >= 0.6 is 0 Å².